The van der Waals surface area contributed by atoms with Crippen molar-refractivity contribution in [2.75, 3.05) is 19.1 Å². The number of methoxy groups -OCH3 is 1. The number of carbonyl (C=O) groups excluding carboxylic acids is 2. The molecule has 1 fully saturated rings. The van der Waals surface area contributed by atoms with Gasteiger partial charge in [-0.05, 0) is 110 Å². The van der Waals surface area contributed by atoms with Gasteiger partial charge in [0.15, 0.2) is 5.17 Å². The lowest BCUT2D eigenvalue weighted by Gasteiger charge is -2.15. The molecule has 0 unspecified atom stereocenters. The summed E-state index contributed by atoms with van der Waals surface area (Å²) in [6, 6.07) is 24.2. The number of amidine groups is 1. The third kappa shape index (κ3) is 6.02. The highest BCUT2D eigenvalue weighted by molar-refractivity contribution is 8.18. The van der Waals surface area contributed by atoms with Crippen LogP contribution in [-0.2, 0) is 11.2 Å². The van der Waals surface area contributed by atoms with Crippen molar-refractivity contribution in [3.8, 4) is 5.75 Å². The van der Waals surface area contributed by atoms with Gasteiger partial charge in [0.1, 0.15) is 5.75 Å². The Bertz CT molecular complexity index is 1920. The van der Waals surface area contributed by atoms with Crippen molar-refractivity contribution in [3.05, 3.63) is 123 Å². The Balaban J connectivity index is 1.28. The number of nitrogens with one attached hydrogen (secondary N) is 2. The number of hydrogen-bond acceptors (Lipinski definition) is 5. The van der Waals surface area contributed by atoms with Gasteiger partial charge in [-0.3, -0.25) is 24.6 Å². The Morgan fingerprint density at radius 2 is 1.82 bits per heavy atom. The molecule has 3 heterocycles. The van der Waals surface area contributed by atoms with Gasteiger partial charge in [-0.2, -0.15) is 0 Å². The fourth-order valence-corrected chi connectivity index (χ4v) is 6.28. The van der Waals surface area contributed by atoms with Gasteiger partial charge in [0, 0.05) is 45.6 Å². The minimum absolute atomic E-state index is 0.114. The molecule has 44 heavy (non-hydrogen) atoms. The van der Waals surface area contributed by atoms with Gasteiger partial charge in [0.25, 0.3) is 11.8 Å². The summed E-state index contributed by atoms with van der Waals surface area (Å²) in [5.41, 5.74) is 8.83. The summed E-state index contributed by atoms with van der Waals surface area (Å²) in [6.07, 6.45) is 4.54. The van der Waals surface area contributed by atoms with Crippen molar-refractivity contribution in [2.24, 2.45) is 4.99 Å². The second kappa shape index (κ2) is 12.5. The zero-order valence-corrected chi connectivity index (χ0v) is 26.0. The van der Waals surface area contributed by atoms with Crippen LogP contribution >= 0.6 is 23.4 Å². The van der Waals surface area contributed by atoms with Gasteiger partial charge in [0.05, 0.1) is 17.7 Å². The molecule has 1 saturated heterocycles. The third-order valence-electron chi connectivity index (χ3n) is 7.54. The van der Waals surface area contributed by atoms with Crippen LogP contribution in [0.15, 0.2) is 95.0 Å². The number of nitrogens with zero attached hydrogens (tertiary/aromatic N) is 3. The van der Waals surface area contributed by atoms with E-state index < -0.39 is 0 Å². The van der Waals surface area contributed by atoms with Crippen molar-refractivity contribution in [1.29, 1.82) is 0 Å². The summed E-state index contributed by atoms with van der Waals surface area (Å²) in [6.45, 7) is 4.29. The summed E-state index contributed by atoms with van der Waals surface area (Å²) in [7, 11) is 1.62. The molecular weight excluding hydrogens is 594 g/mol. The SMILES string of the molecule is COc1ccc(N=C2SC(=Cc3cc(C)n(NC(=O)c4ccc(Cl)cc4)c3C)C(=O)N2CCc2c[nH]c3ccccc23)cc1. The number of benzene rings is 3. The lowest BCUT2D eigenvalue weighted by atomic mass is 10.1. The summed E-state index contributed by atoms with van der Waals surface area (Å²) in [4.78, 5) is 37.2. The van der Waals surface area contributed by atoms with E-state index in [-0.39, 0.29) is 11.8 Å². The van der Waals surface area contributed by atoms with Crippen molar-refractivity contribution in [3.63, 3.8) is 0 Å². The molecule has 3 aromatic carbocycles. The highest BCUT2D eigenvalue weighted by Crippen LogP contribution is 2.35. The molecule has 0 radical (unpaired) electrons. The first kappa shape index (κ1) is 29.3. The largest absolute Gasteiger partial charge is 0.497 e. The van der Waals surface area contributed by atoms with Crippen molar-refractivity contribution in [1.82, 2.24) is 14.6 Å². The Hall–Kier alpha value is -4.73. The molecule has 2 aromatic heterocycles. The number of fused-ring (bicyclic) bond motifs is 1. The average Bonchev–Trinajstić information content (AvgIpc) is 3.66. The predicted molar refractivity (Wildman–Crippen MR) is 178 cm³/mol. The maximum atomic E-state index is 13.9. The number of aryl methyl sites for hydroxylation is 1. The lowest BCUT2D eigenvalue weighted by molar-refractivity contribution is -0.122. The number of aliphatic imine (C=N–C) groups is 1. The van der Waals surface area contributed by atoms with Gasteiger partial charge in [-0.15, -0.1) is 0 Å². The minimum atomic E-state index is -0.258. The van der Waals surface area contributed by atoms with Gasteiger partial charge in [0.2, 0.25) is 0 Å². The monoisotopic (exact) mass is 623 g/mol. The van der Waals surface area contributed by atoms with Gasteiger partial charge < -0.3 is 9.72 Å². The second-order valence-corrected chi connectivity index (χ2v) is 11.8. The van der Waals surface area contributed by atoms with Crippen LogP contribution in [0.3, 0.4) is 0 Å². The molecule has 1 aliphatic heterocycles. The number of ether oxygens (including phenoxy) is 1. The van der Waals surface area contributed by atoms with Crippen LogP contribution in [0.1, 0.15) is 32.9 Å². The van der Waals surface area contributed by atoms with Gasteiger partial charge in [-0.25, -0.2) is 4.99 Å². The van der Waals surface area contributed by atoms with Crippen molar-refractivity contribution < 1.29 is 14.3 Å². The fraction of sp³-hybridized carbons (Fsp3) is 0.147. The molecule has 5 aromatic rings. The number of aromatic nitrogens is 2. The Kier molecular flexibility index (Phi) is 8.32. The van der Waals surface area contributed by atoms with Crippen LogP contribution in [0, 0.1) is 13.8 Å². The Morgan fingerprint density at radius 3 is 2.57 bits per heavy atom. The normalized spacial score (nSPS) is 15.1. The average molecular weight is 624 g/mol. The molecule has 1 aliphatic rings. The number of para-hydroxylation sites is 1. The lowest BCUT2D eigenvalue weighted by Crippen LogP contribution is -2.31. The van der Waals surface area contributed by atoms with Crippen LogP contribution in [0.4, 0.5) is 5.69 Å². The molecule has 2 N–H and O–H groups in total. The van der Waals surface area contributed by atoms with E-state index in [0.29, 0.717) is 33.6 Å². The molecular formula is C34H30ClN5O3S. The maximum Gasteiger partial charge on any atom is 0.270 e. The maximum absolute atomic E-state index is 13.9. The summed E-state index contributed by atoms with van der Waals surface area (Å²) in [5, 5.41) is 2.31. The summed E-state index contributed by atoms with van der Waals surface area (Å²) >= 11 is 7.32. The standard InChI is InChI=1S/C34H30ClN5O3S/c1-21-18-25(22(2)40(21)38-32(41)23-8-10-26(35)11-9-23)19-31-33(42)39(17-16-24-20-36-30-7-5-4-6-29(24)30)34(44-31)37-27-12-14-28(43-3)15-13-27/h4-15,18-20,36H,16-17H2,1-3H3,(H,38,41). The number of rotatable bonds is 8. The van der Waals surface area contributed by atoms with Gasteiger partial charge >= 0.3 is 0 Å². The highest BCUT2D eigenvalue weighted by Gasteiger charge is 2.33. The number of amides is 2. The number of thioether (sulfide) groups is 1. The summed E-state index contributed by atoms with van der Waals surface area (Å²) in [5.74, 6) is 0.364. The molecule has 2 amide bonds. The van der Waals surface area contributed by atoms with E-state index in [2.05, 4.69) is 16.5 Å². The van der Waals surface area contributed by atoms with Crippen LogP contribution in [0.5, 0.6) is 5.75 Å². The van der Waals surface area contributed by atoms with E-state index >= 15 is 0 Å². The number of carbonyl (C=O) groups is 2. The third-order valence-corrected chi connectivity index (χ3v) is 8.80. The van der Waals surface area contributed by atoms with Crippen LogP contribution < -0.4 is 10.2 Å². The molecule has 0 atom stereocenters. The fourth-order valence-electron chi connectivity index (χ4n) is 5.14. The molecule has 0 aliphatic carbocycles. The van der Waals surface area contributed by atoms with Gasteiger partial charge in [-0.1, -0.05) is 29.8 Å². The number of halogens is 1. The molecule has 0 saturated carbocycles. The van der Waals surface area contributed by atoms with E-state index in [1.165, 1.54) is 11.8 Å². The second-order valence-electron chi connectivity index (χ2n) is 10.4. The zero-order chi connectivity index (χ0) is 30.8. The van der Waals surface area contributed by atoms with E-state index in [1.807, 2.05) is 74.7 Å². The number of aromatic amines is 1. The molecule has 0 spiro atoms. The molecule has 10 heteroatoms. The smallest absolute Gasteiger partial charge is 0.270 e. The molecule has 222 valence electrons. The topological polar surface area (TPSA) is 91.7 Å². The first-order valence-corrected chi connectivity index (χ1v) is 15.2. The summed E-state index contributed by atoms with van der Waals surface area (Å²) < 4.78 is 7.02. The highest BCUT2D eigenvalue weighted by atomic mass is 35.5. The Labute approximate surface area is 264 Å². The number of hydrogen-bond donors (Lipinski definition) is 2. The van der Waals surface area contributed by atoms with E-state index in [0.717, 1.165) is 44.9 Å². The van der Waals surface area contributed by atoms with Crippen molar-refractivity contribution in [2.45, 2.75) is 20.3 Å². The first-order valence-electron chi connectivity index (χ1n) is 14.1. The zero-order valence-electron chi connectivity index (χ0n) is 24.4. The quantitative estimate of drug-likeness (QED) is 0.175. The van der Waals surface area contributed by atoms with Crippen LogP contribution in [-0.4, -0.2) is 45.2 Å². The van der Waals surface area contributed by atoms with E-state index in [1.54, 1.807) is 41.0 Å². The van der Waals surface area contributed by atoms with E-state index in [4.69, 9.17) is 21.3 Å². The molecule has 6 rings (SSSR count). The Morgan fingerprint density at radius 1 is 1.07 bits per heavy atom. The van der Waals surface area contributed by atoms with Crippen molar-refractivity contribution >= 4 is 63.0 Å². The number of H-pyrrole nitrogens is 1. The molecule has 0 bridgehead atoms. The first-order chi connectivity index (χ1) is 21.3. The van der Waals surface area contributed by atoms with Crippen LogP contribution in [0.2, 0.25) is 5.02 Å². The predicted octanol–water partition coefficient (Wildman–Crippen LogP) is 7.48. The molecule has 8 nitrogen and oxygen atoms in total. The van der Waals surface area contributed by atoms with Crippen LogP contribution in [0.25, 0.3) is 17.0 Å². The van der Waals surface area contributed by atoms with E-state index in [9.17, 15) is 9.59 Å². The minimum Gasteiger partial charge on any atom is -0.497 e.